The lowest BCUT2D eigenvalue weighted by Crippen LogP contribution is -2.53. The first-order valence-corrected chi connectivity index (χ1v) is 11.4. The summed E-state index contributed by atoms with van der Waals surface area (Å²) < 4.78 is 10.4. The van der Waals surface area contributed by atoms with Gasteiger partial charge >= 0.3 is 11.9 Å². The molecule has 2 N–H and O–H groups in total. The highest BCUT2D eigenvalue weighted by molar-refractivity contribution is 6.02. The number of rotatable bonds is 3. The van der Waals surface area contributed by atoms with E-state index >= 15 is 0 Å². The van der Waals surface area contributed by atoms with Crippen molar-refractivity contribution in [3.8, 4) is 0 Å². The number of hydrogen-bond acceptors (Lipinski definition) is 7. The molecule has 1 aromatic carbocycles. The predicted molar refractivity (Wildman–Crippen MR) is 119 cm³/mol. The van der Waals surface area contributed by atoms with Crippen LogP contribution in [0.25, 0.3) is 0 Å². The van der Waals surface area contributed by atoms with Crippen molar-refractivity contribution in [2.75, 3.05) is 39.0 Å². The van der Waals surface area contributed by atoms with Crippen molar-refractivity contribution < 1.29 is 23.9 Å². The quantitative estimate of drug-likeness (QED) is 0.565. The summed E-state index contributed by atoms with van der Waals surface area (Å²) in [7, 11) is 1.31. The van der Waals surface area contributed by atoms with Crippen LogP contribution >= 0.6 is 0 Å². The Bertz CT molecular complexity index is 922. The maximum atomic E-state index is 13.1. The molecule has 3 saturated heterocycles. The van der Waals surface area contributed by atoms with Crippen LogP contribution in [0.5, 0.6) is 0 Å². The van der Waals surface area contributed by atoms with Crippen LogP contribution in [0, 0.1) is 5.41 Å². The number of anilines is 1. The maximum absolute atomic E-state index is 13.1. The summed E-state index contributed by atoms with van der Waals surface area (Å²) in [6.45, 7) is 6.92. The Labute approximate surface area is 189 Å². The summed E-state index contributed by atoms with van der Waals surface area (Å²) in [6, 6.07) is 4.98. The number of ether oxygens (including phenoxy) is 2. The number of amides is 1. The van der Waals surface area contributed by atoms with Crippen molar-refractivity contribution in [3.63, 3.8) is 0 Å². The number of nitrogens with two attached hydrogens (primary N) is 1. The Hall–Kier alpha value is -2.61. The van der Waals surface area contributed by atoms with Gasteiger partial charge in [-0.15, -0.1) is 0 Å². The van der Waals surface area contributed by atoms with Crippen LogP contribution in [0.4, 0.5) is 5.69 Å². The summed E-state index contributed by atoms with van der Waals surface area (Å²) in [5, 5.41) is 0. The third kappa shape index (κ3) is 4.20. The zero-order valence-electron chi connectivity index (χ0n) is 19.2. The molecule has 0 aromatic heterocycles. The van der Waals surface area contributed by atoms with Gasteiger partial charge < -0.3 is 20.1 Å². The topological polar surface area (TPSA) is 102 Å². The Morgan fingerprint density at radius 3 is 2.53 bits per heavy atom. The van der Waals surface area contributed by atoms with Gasteiger partial charge in [0.25, 0.3) is 5.91 Å². The van der Waals surface area contributed by atoms with E-state index in [-0.39, 0.29) is 11.9 Å². The van der Waals surface area contributed by atoms with Crippen LogP contribution in [0.2, 0.25) is 0 Å². The molecule has 3 heterocycles. The number of benzene rings is 1. The summed E-state index contributed by atoms with van der Waals surface area (Å²) in [4.78, 5) is 41.8. The SMILES string of the molecule is COC(=O)c1ccc(N)c(C(=O)N2CCC(N3CCCC4(C3)CC(C)(C)OC4=O)CC2)c1. The van der Waals surface area contributed by atoms with Crippen molar-refractivity contribution in [1.29, 1.82) is 0 Å². The lowest BCUT2D eigenvalue weighted by molar-refractivity contribution is -0.154. The Morgan fingerprint density at radius 1 is 1.19 bits per heavy atom. The van der Waals surface area contributed by atoms with Gasteiger partial charge in [0.05, 0.1) is 23.7 Å². The fourth-order valence-electron chi connectivity index (χ4n) is 5.66. The zero-order chi connectivity index (χ0) is 23.1. The largest absolute Gasteiger partial charge is 0.465 e. The second kappa shape index (κ2) is 8.39. The van der Waals surface area contributed by atoms with Crippen molar-refractivity contribution >= 4 is 23.5 Å². The lowest BCUT2D eigenvalue weighted by atomic mass is 9.74. The Morgan fingerprint density at radius 2 is 1.91 bits per heavy atom. The molecule has 1 atom stereocenters. The summed E-state index contributed by atoms with van der Waals surface area (Å²) in [5.41, 5.74) is 6.24. The minimum atomic E-state index is -0.495. The third-order valence-corrected chi connectivity index (χ3v) is 7.15. The van der Waals surface area contributed by atoms with E-state index in [1.807, 2.05) is 13.8 Å². The smallest absolute Gasteiger partial charge is 0.337 e. The normalized spacial score (nSPS) is 26.2. The molecule has 1 amide bonds. The van der Waals surface area contributed by atoms with E-state index in [2.05, 4.69) is 4.90 Å². The first-order chi connectivity index (χ1) is 15.1. The molecule has 0 saturated carbocycles. The summed E-state index contributed by atoms with van der Waals surface area (Å²) in [5.74, 6) is -0.714. The molecule has 0 radical (unpaired) electrons. The molecule has 1 spiro atoms. The molecule has 3 aliphatic heterocycles. The van der Waals surface area contributed by atoms with Crippen LogP contribution in [0.15, 0.2) is 18.2 Å². The highest BCUT2D eigenvalue weighted by Gasteiger charge is 2.54. The van der Waals surface area contributed by atoms with E-state index < -0.39 is 17.0 Å². The molecule has 1 unspecified atom stereocenters. The van der Waals surface area contributed by atoms with E-state index in [9.17, 15) is 14.4 Å². The molecular formula is C24H33N3O5. The number of nitrogens with zero attached hydrogens (tertiary/aromatic N) is 2. The fraction of sp³-hybridized carbons (Fsp3) is 0.625. The van der Waals surface area contributed by atoms with Gasteiger partial charge in [-0.3, -0.25) is 14.5 Å². The van der Waals surface area contributed by atoms with Crippen molar-refractivity contribution in [3.05, 3.63) is 29.3 Å². The third-order valence-electron chi connectivity index (χ3n) is 7.15. The second-order valence-electron chi connectivity index (χ2n) is 10.00. The average molecular weight is 444 g/mol. The number of carbonyl (C=O) groups is 3. The van der Waals surface area contributed by atoms with E-state index in [4.69, 9.17) is 15.2 Å². The zero-order valence-corrected chi connectivity index (χ0v) is 19.2. The minimum Gasteiger partial charge on any atom is -0.465 e. The van der Waals surface area contributed by atoms with Gasteiger partial charge in [0.1, 0.15) is 5.60 Å². The van der Waals surface area contributed by atoms with Gasteiger partial charge in [-0.1, -0.05) is 0 Å². The van der Waals surface area contributed by atoms with E-state index in [0.717, 1.165) is 45.2 Å². The minimum absolute atomic E-state index is 0.0548. The van der Waals surface area contributed by atoms with E-state index in [1.54, 1.807) is 17.0 Å². The standard InChI is InChI=1S/C24H33N3O5/c1-23(2)14-24(22(30)32-23)9-4-10-27(15-24)17-7-11-26(12-8-17)20(28)18-13-16(21(29)31-3)5-6-19(18)25/h5-6,13,17H,4,7-12,14-15,25H2,1-3H3. The number of carbonyl (C=O) groups excluding carboxylic acids is 3. The number of methoxy groups -OCH3 is 1. The summed E-state index contributed by atoms with van der Waals surface area (Å²) in [6.07, 6.45) is 4.33. The summed E-state index contributed by atoms with van der Waals surface area (Å²) >= 11 is 0. The highest BCUT2D eigenvalue weighted by Crippen LogP contribution is 2.46. The van der Waals surface area contributed by atoms with E-state index in [0.29, 0.717) is 35.9 Å². The number of piperidine rings is 2. The first kappa shape index (κ1) is 22.6. The Kier molecular flexibility index (Phi) is 5.92. The van der Waals surface area contributed by atoms with Crippen LogP contribution in [0.1, 0.15) is 66.7 Å². The van der Waals surface area contributed by atoms with Gasteiger partial charge in [-0.25, -0.2) is 4.79 Å². The first-order valence-electron chi connectivity index (χ1n) is 11.4. The van der Waals surface area contributed by atoms with Crippen LogP contribution < -0.4 is 5.73 Å². The molecule has 0 bridgehead atoms. The average Bonchev–Trinajstić information content (AvgIpc) is 3.00. The maximum Gasteiger partial charge on any atom is 0.337 e. The fourth-order valence-corrected chi connectivity index (χ4v) is 5.66. The monoisotopic (exact) mass is 443 g/mol. The van der Waals surface area contributed by atoms with Crippen LogP contribution in [-0.4, -0.2) is 72.6 Å². The number of likely N-dealkylation sites (tertiary alicyclic amines) is 2. The highest BCUT2D eigenvalue weighted by atomic mass is 16.6. The number of esters is 2. The van der Waals surface area contributed by atoms with Crippen LogP contribution in [-0.2, 0) is 14.3 Å². The van der Waals surface area contributed by atoms with E-state index in [1.165, 1.54) is 13.2 Å². The molecule has 1 aromatic rings. The number of cyclic esters (lactones) is 1. The Balaban J connectivity index is 1.40. The van der Waals surface area contributed by atoms with Gasteiger partial charge in [0, 0.05) is 37.8 Å². The molecule has 3 fully saturated rings. The molecule has 32 heavy (non-hydrogen) atoms. The molecule has 0 aliphatic carbocycles. The van der Waals surface area contributed by atoms with Crippen molar-refractivity contribution in [2.45, 2.75) is 57.6 Å². The second-order valence-corrected chi connectivity index (χ2v) is 10.00. The number of hydrogen-bond donors (Lipinski definition) is 1. The predicted octanol–water partition coefficient (Wildman–Crippen LogP) is 2.47. The molecule has 3 aliphatic rings. The lowest BCUT2D eigenvalue weighted by Gasteiger charge is -2.44. The van der Waals surface area contributed by atoms with Gasteiger partial charge in [0.2, 0.25) is 0 Å². The number of nitrogen functional groups attached to an aromatic ring is 1. The molecule has 174 valence electrons. The molecule has 4 rings (SSSR count). The van der Waals surface area contributed by atoms with Gasteiger partial charge in [0.15, 0.2) is 0 Å². The van der Waals surface area contributed by atoms with Crippen molar-refractivity contribution in [2.24, 2.45) is 5.41 Å². The van der Waals surface area contributed by atoms with Gasteiger partial charge in [-0.2, -0.15) is 0 Å². The van der Waals surface area contributed by atoms with Crippen LogP contribution in [0.3, 0.4) is 0 Å². The molecule has 8 nitrogen and oxygen atoms in total. The molecule has 8 heteroatoms. The van der Waals surface area contributed by atoms with Gasteiger partial charge in [-0.05, 0) is 64.3 Å². The molecular weight excluding hydrogens is 410 g/mol. The van der Waals surface area contributed by atoms with Crippen molar-refractivity contribution in [1.82, 2.24) is 9.80 Å².